The van der Waals surface area contributed by atoms with Crippen molar-refractivity contribution >= 4 is 41.4 Å². The molecule has 84 valence electrons. The van der Waals surface area contributed by atoms with Gasteiger partial charge in [-0.1, -0.05) is 0 Å². The summed E-state index contributed by atoms with van der Waals surface area (Å²) in [6, 6.07) is 3.67. The van der Waals surface area contributed by atoms with Crippen molar-refractivity contribution in [3.8, 4) is 6.07 Å². The Labute approximate surface area is 103 Å². The lowest BCUT2D eigenvalue weighted by Gasteiger charge is -2.01. The van der Waals surface area contributed by atoms with Crippen molar-refractivity contribution in [2.24, 2.45) is 0 Å². The molecule has 0 aliphatic carbocycles. The zero-order valence-electron chi connectivity index (χ0n) is 7.35. The van der Waals surface area contributed by atoms with Gasteiger partial charge in [-0.2, -0.15) is 5.26 Å². The van der Waals surface area contributed by atoms with E-state index >= 15 is 0 Å². The summed E-state index contributed by atoms with van der Waals surface area (Å²) in [5, 5.41) is 19.3. The number of nitriles is 1. The van der Waals surface area contributed by atoms with Crippen molar-refractivity contribution < 1.29 is 13.3 Å². The monoisotopic (exact) mass is 324 g/mol. The zero-order valence-corrected chi connectivity index (χ0v) is 10.5. The molecule has 0 aliphatic heterocycles. The van der Waals surface area contributed by atoms with Crippen LogP contribution in [-0.2, 0) is 9.05 Å². The van der Waals surface area contributed by atoms with Crippen LogP contribution < -0.4 is 0 Å². The van der Waals surface area contributed by atoms with Crippen LogP contribution in [0.15, 0.2) is 21.5 Å². The van der Waals surface area contributed by atoms with Crippen molar-refractivity contribution in [3.63, 3.8) is 0 Å². The van der Waals surface area contributed by atoms with Gasteiger partial charge in [-0.05, 0) is 28.1 Å². The highest BCUT2D eigenvalue weighted by Gasteiger charge is 2.28. The van der Waals surface area contributed by atoms with Crippen LogP contribution >= 0.6 is 26.6 Å². The van der Waals surface area contributed by atoms with Crippen LogP contribution in [0, 0.1) is 21.4 Å². The van der Waals surface area contributed by atoms with Gasteiger partial charge in [-0.3, -0.25) is 10.1 Å². The minimum Gasteiger partial charge on any atom is -0.258 e. The first kappa shape index (κ1) is 12.9. The molecular weight excluding hydrogens is 324 g/mol. The van der Waals surface area contributed by atoms with Crippen LogP contribution in [-0.4, -0.2) is 13.3 Å². The molecule has 0 aliphatic rings. The molecule has 0 radical (unpaired) electrons. The first-order chi connectivity index (χ1) is 7.27. The number of benzene rings is 1. The Morgan fingerprint density at radius 2 is 2.06 bits per heavy atom. The van der Waals surface area contributed by atoms with Crippen LogP contribution in [0.2, 0.25) is 0 Å². The van der Waals surface area contributed by atoms with E-state index in [2.05, 4.69) is 15.9 Å². The molecule has 0 heterocycles. The molecular formula is C7H2BrClN2O4S. The van der Waals surface area contributed by atoms with Gasteiger partial charge in [0, 0.05) is 10.7 Å². The average Bonchev–Trinajstić information content (AvgIpc) is 2.14. The van der Waals surface area contributed by atoms with Crippen LogP contribution in [0.4, 0.5) is 5.69 Å². The molecule has 0 unspecified atom stereocenters. The maximum absolute atomic E-state index is 11.1. The third-order valence-electron chi connectivity index (χ3n) is 1.60. The molecule has 0 saturated carbocycles. The molecule has 16 heavy (non-hydrogen) atoms. The van der Waals surface area contributed by atoms with Crippen LogP contribution in [0.3, 0.4) is 0 Å². The molecule has 0 spiro atoms. The molecule has 0 fully saturated rings. The van der Waals surface area contributed by atoms with Gasteiger partial charge in [0.05, 0.1) is 21.0 Å². The topological polar surface area (TPSA) is 101 Å². The third kappa shape index (κ3) is 2.49. The Hall–Kier alpha value is -1.17. The van der Waals surface area contributed by atoms with E-state index in [1.807, 2.05) is 0 Å². The Bertz CT molecular complexity index is 608. The molecule has 0 saturated heterocycles. The fraction of sp³-hybridized carbons (Fsp3) is 0. The minimum absolute atomic E-state index is 0.0447. The lowest BCUT2D eigenvalue weighted by atomic mass is 10.2. The normalized spacial score (nSPS) is 10.8. The van der Waals surface area contributed by atoms with E-state index in [-0.39, 0.29) is 10.0 Å². The van der Waals surface area contributed by atoms with Crippen LogP contribution in [0.5, 0.6) is 0 Å². The predicted octanol–water partition coefficient (Wildman–Crippen LogP) is 2.16. The number of halogens is 2. The maximum atomic E-state index is 11.1. The molecule has 9 heteroatoms. The van der Waals surface area contributed by atoms with Crippen molar-refractivity contribution in [1.82, 2.24) is 0 Å². The van der Waals surface area contributed by atoms with Crippen molar-refractivity contribution in [1.29, 1.82) is 5.26 Å². The average molecular weight is 326 g/mol. The lowest BCUT2D eigenvalue weighted by molar-refractivity contribution is -0.388. The standard InChI is InChI=1S/C7H2BrClN2O4S/c8-5-1-4(3-10)2-6(16(9,14)15)7(5)11(12)13/h1-2H. The van der Waals surface area contributed by atoms with Crippen molar-refractivity contribution in [3.05, 3.63) is 32.3 Å². The highest BCUT2D eigenvalue weighted by atomic mass is 79.9. The summed E-state index contributed by atoms with van der Waals surface area (Å²) in [4.78, 5) is 9.07. The van der Waals surface area contributed by atoms with E-state index < -0.39 is 24.6 Å². The quantitative estimate of drug-likeness (QED) is 0.471. The molecule has 1 rings (SSSR count). The fourth-order valence-corrected chi connectivity index (χ4v) is 2.77. The van der Waals surface area contributed by atoms with Crippen LogP contribution in [0.25, 0.3) is 0 Å². The van der Waals surface area contributed by atoms with Crippen molar-refractivity contribution in [2.45, 2.75) is 4.90 Å². The lowest BCUT2D eigenvalue weighted by Crippen LogP contribution is -2.00. The van der Waals surface area contributed by atoms with E-state index in [0.29, 0.717) is 0 Å². The Morgan fingerprint density at radius 3 is 2.44 bits per heavy atom. The molecule has 1 aromatic carbocycles. The molecule has 0 amide bonds. The van der Waals surface area contributed by atoms with E-state index in [4.69, 9.17) is 15.9 Å². The predicted molar refractivity (Wildman–Crippen MR) is 58.6 cm³/mol. The number of nitrogens with zero attached hydrogens (tertiary/aromatic N) is 2. The second kappa shape index (κ2) is 4.37. The van der Waals surface area contributed by atoms with Gasteiger partial charge in [0.2, 0.25) is 0 Å². The Kier molecular flexibility index (Phi) is 3.52. The molecule has 0 bridgehead atoms. The number of hydrogen-bond acceptors (Lipinski definition) is 5. The van der Waals surface area contributed by atoms with E-state index in [1.54, 1.807) is 6.07 Å². The van der Waals surface area contributed by atoms with Gasteiger partial charge in [-0.25, -0.2) is 8.42 Å². The highest BCUT2D eigenvalue weighted by molar-refractivity contribution is 9.10. The fourth-order valence-electron chi connectivity index (χ4n) is 1.00. The molecule has 0 aromatic heterocycles. The van der Waals surface area contributed by atoms with Gasteiger partial charge in [0.25, 0.3) is 9.05 Å². The van der Waals surface area contributed by atoms with Crippen LogP contribution in [0.1, 0.15) is 5.56 Å². The maximum Gasteiger partial charge on any atom is 0.303 e. The summed E-state index contributed by atoms with van der Waals surface area (Å²) in [6.45, 7) is 0. The Morgan fingerprint density at radius 1 is 1.50 bits per heavy atom. The van der Waals surface area contributed by atoms with E-state index in [1.165, 1.54) is 0 Å². The summed E-state index contributed by atoms with van der Waals surface area (Å²) >= 11 is 2.82. The second-order valence-corrected chi connectivity index (χ2v) is 6.00. The Balaban J connectivity index is 3.76. The smallest absolute Gasteiger partial charge is 0.258 e. The molecule has 0 atom stereocenters. The summed E-state index contributed by atoms with van der Waals surface area (Å²) < 4.78 is 22.1. The van der Waals surface area contributed by atoms with Gasteiger partial charge >= 0.3 is 5.69 Å². The third-order valence-corrected chi connectivity index (χ3v) is 3.54. The number of nitro groups is 1. The summed E-state index contributed by atoms with van der Waals surface area (Å²) in [5.74, 6) is 0. The first-order valence-corrected chi connectivity index (χ1v) is 6.70. The van der Waals surface area contributed by atoms with Crippen molar-refractivity contribution in [2.75, 3.05) is 0 Å². The number of hydrogen-bond donors (Lipinski definition) is 0. The van der Waals surface area contributed by atoms with Gasteiger partial charge in [0.15, 0.2) is 4.90 Å². The number of nitro benzene ring substituents is 1. The first-order valence-electron chi connectivity index (χ1n) is 3.60. The van der Waals surface area contributed by atoms with E-state index in [9.17, 15) is 18.5 Å². The highest BCUT2D eigenvalue weighted by Crippen LogP contribution is 2.34. The second-order valence-electron chi connectivity index (χ2n) is 2.61. The largest absolute Gasteiger partial charge is 0.303 e. The summed E-state index contributed by atoms with van der Waals surface area (Å²) in [6.07, 6.45) is 0. The molecule has 0 N–H and O–H groups in total. The van der Waals surface area contributed by atoms with E-state index in [0.717, 1.165) is 12.1 Å². The number of rotatable bonds is 2. The van der Waals surface area contributed by atoms with Gasteiger partial charge in [0.1, 0.15) is 0 Å². The minimum atomic E-state index is -4.28. The SMILES string of the molecule is N#Cc1cc(Br)c([N+](=O)[O-])c(S(=O)(=O)Cl)c1. The molecule has 1 aromatic rings. The zero-order chi connectivity index (χ0) is 12.5. The summed E-state index contributed by atoms with van der Waals surface area (Å²) in [5.41, 5.74) is -0.731. The van der Waals surface area contributed by atoms with Gasteiger partial charge < -0.3 is 0 Å². The summed E-state index contributed by atoms with van der Waals surface area (Å²) in [7, 11) is 0.762. The molecule has 6 nitrogen and oxygen atoms in total. The van der Waals surface area contributed by atoms with Gasteiger partial charge in [-0.15, -0.1) is 0 Å².